The minimum atomic E-state index is -0.444. The van der Waals surface area contributed by atoms with Crippen LogP contribution in [0.2, 0.25) is 0 Å². The quantitative estimate of drug-likeness (QED) is 0.819. The topological polar surface area (TPSA) is 38.8 Å². The van der Waals surface area contributed by atoms with Crippen molar-refractivity contribution in [3.63, 3.8) is 0 Å². The van der Waals surface area contributed by atoms with Crippen molar-refractivity contribution in [2.24, 2.45) is 5.92 Å². The van der Waals surface area contributed by atoms with Gasteiger partial charge in [-0.25, -0.2) is 4.79 Å². The summed E-state index contributed by atoms with van der Waals surface area (Å²) in [6.07, 6.45) is 0.717. The molecule has 0 spiro atoms. The Labute approximate surface area is 134 Å². The maximum absolute atomic E-state index is 12.0. The van der Waals surface area contributed by atoms with E-state index in [9.17, 15) is 4.79 Å². The van der Waals surface area contributed by atoms with Crippen molar-refractivity contribution >= 4 is 22.0 Å². The second kappa shape index (κ2) is 6.69. The predicted octanol–water partition coefficient (Wildman–Crippen LogP) is 4.08. The van der Waals surface area contributed by atoms with Gasteiger partial charge in [-0.05, 0) is 55.3 Å². The van der Waals surface area contributed by atoms with E-state index in [0.717, 1.165) is 23.2 Å². The molecule has 1 aromatic carbocycles. The molecule has 4 nitrogen and oxygen atoms in total. The van der Waals surface area contributed by atoms with E-state index in [2.05, 4.69) is 15.9 Å². The van der Waals surface area contributed by atoms with E-state index in [1.807, 2.05) is 45.0 Å². The molecule has 0 bridgehead atoms. The zero-order chi connectivity index (χ0) is 15.5. The van der Waals surface area contributed by atoms with Gasteiger partial charge in [-0.2, -0.15) is 0 Å². The van der Waals surface area contributed by atoms with Gasteiger partial charge in [0.2, 0.25) is 0 Å². The molecule has 1 fully saturated rings. The number of hydrogen-bond acceptors (Lipinski definition) is 3. The number of carbonyl (C=O) groups is 1. The number of ether oxygens (including phenoxy) is 2. The van der Waals surface area contributed by atoms with Crippen LogP contribution >= 0.6 is 15.9 Å². The Kier molecular flexibility index (Phi) is 5.14. The van der Waals surface area contributed by atoms with Crippen molar-refractivity contribution in [2.45, 2.75) is 32.8 Å². The molecule has 1 aliphatic heterocycles. The minimum absolute atomic E-state index is 0.231. The largest absolute Gasteiger partial charge is 0.492 e. The van der Waals surface area contributed by atoms with E-state index in [0.29, 0.717) is 19.1 Å². The van der Waals surface area contributed by atoms with Crippen LogP contribution in [-0.2, 0) is 4.74 Å². The maximum Gasteiger partial charge on any atom is 0.410 e. The highest BCUT2D eigenvalue weighted by molar-refractivity contribution is 9.10. The number of hydrogen-bond donors (Lipinski definition) is 0. The molecule has 116 valence electrons. The van der Waals surface area contributed by atoms with Gasteiger partial charge in [-0.15, -0.1) is 0 Å². The summed E-state index contributed by atoms with van der Waals surface area (Å²) >= 11 is 3.46. The van der Waals surface area contributed by atoms with E-state index in [-0.39, 0.29) is 6.09 Å². The first-order chi connectivity index (χ1) is 9.85. The number of carbonyl (C=O) groups excluding carboxylic acids is 1. The molecule has 5 heteroatoms. The summed E-state index contributed by atoms with van der Waals surface area (Å²) < 4.78 is 12.2. The van der Waals surface area contributed by atoms with Gasteiger partial charge in [0, 0.05) is 19.0 Å². The highest BCUT2D eigenvalue weighted by Gasteiger charge is 2.30. The van der Waals surface area contributed by atoms with Gasteiger partial charge in [0.25, 0.3) is 0 Å². The third-order valence-electron chi connectivity index (χ3n) is 3.25. The summed E-state index contributed by atoms with van der Waals surface area (Å²) in [5, 5.41) is 0. The van der Waals surface area contributed by atoms with Crippen LogP contribution in [-0.4, -0.2) is 36.3 Å². The summed E-state index contributed by atoms with van der Waals surface area (Å²) in [6.45, 7) is 7.69. The first-order valence-electron chi connectivity index (χ1n) is 7.20. The summed E-state index contributed by atoms with van der Waals surface area (Å²) in [7, 11) is 0. The Balaban J connectivity index is 1.80. The Hall–Kier alpha value is -1.23. The fraction of sp³-hybridized carbons (Fsp3) is 0.562. The summed E-state index contributed by atoms with van der Waals surface area (Å²) in [5.74, 6) is 1.19. The number of benzene rings is 1. The number of halogens is 1. The Morgan fingerprint density at radius 2 is 2.10 bits per heavy atom. The molecule has 0 N–H and O–H groups in total. The summed E-state index contributed by atoms with van der Waals surface area (Å²) in [4.78, 5) is 13.8. The van der Waals surface area contributed by atoms with Crippen LogP contribution in [0.5, 0.6) is 5.75 Å². The van der Waals surface area contributed by atoms with E-state index in [4.69, 9.17) is 9.47 Å². The van der Waals surface area contributed by atoms with E-state index in [1.165, 1.54) is 0 Å². The van der Waals surface area contributed by atoms with Gasteiger partial charge in [0.15, 0.2) is 0 Å². The molecule has 0 aromatic heterocycles. The van der Waals surface area contributed by atoms with Gasteiger partial charge in [-0.3, -0.25) is 0 Å². The second-order valence-corrected chi connectivity index (χ2v) is 7.18. The number of para-hydroxylation sites is 1. The van der Waals surface area contributed by atoms with Crippen LogP contribution in [0.3, 0.4) is 0 Å². The van der Waals surface area contributed by atoms with Gasteiger partial charge in [0.1, 0.15) is 11.4 Å². The number of nitrogens with zero attached hydrogens (tertiary/aromatic N) is 1. The molecule has 1 atom stereocenters. The second-order valence-electron chi connectivity index (χ2n) is 6.32. The number of amides is 1. The van der Waals surface area contributed by atoms with E-state index >= 15 is 0 Å². The fourth-order valence-electron chi connectivity index (χ4n) is 2.23. The molecule has 1 saturated heterocycles. The predicted molar refractivity (Wildman–Crippen MR) is 85.6 cm³/mol. The molecular weight excluding hydrogens is 334 g/mol. The third-order valence-corrected chi connectivity index (χ3v) is 3.90. The normalized spacial score (nSPS) is 18.7. The van der Waals surface area contributed by atoms with E-state index in [1.54, 1.807) is 4.90 Å². The Bertz CT molecular complexity index is 499. The highest BCUT2D eigenvalue weighted by atomic mass is 79.9. The monoisotopic (exact) mass is 355 g/mol. The van der Waals surface area contributed by atoms with Gasteiger partial charge in [0.05, 0.1) is 11.1 Å². The fourth-order valence-corrected chi connectivity index (χ4v) is 2.63. The van der Waals surface area contributed by atoms with Crippen LogP contribution in [0.15, 0.2) is 28.7 Å². The lowest BCUT2D eigenvalue weighted by Crippen LogP contribution is -2.35. The van der Waals surface area contributed by atoms with Gasteiger partial charge >= 0.3 is 6.09 Å². The zero-order valence-corrected chi connectivity index (χ0v) is 14.4. The van der Waals surface area contributed by atoms with Crippen molar-refractivity contribution in [2.75, 3.05) is 19.7 Å². The van der Waals surface area contributed by atoms with Gasteiger partial charge in [-0.1, -0.05) is 12.1 Å². The molecule has 0 unspecified atom stereocenters. The smallest absolute Gasteiger partial charge is 0.410 e. The average Bonchev–Trinajstić information content (AvgIpc) is 2.85. The first-order valence-corrected chi connectivity index (χ1v) is 8.00. The first kappa shape index (κ1) is 16.1. The van der Waals surface area contributed by atoms with Crippen molar-refractivity contribution in [3.8, 4) is 5.75 Å². The Morgan fingerprint density at radius 1 is 1.38 bits per heavy atom. The zero-order valence-electron chi connectivity index (χ0n) is 12.8. The number of likely N-dealkylation sites (tertiary alicyclic amines) is 1. The molecule has 21 heavy (non-hydrogen) atoms. The lowest BCUT2D eigenvalue weighted by molar-refractivity contribution is 0.0285. The van der Waals surface area contributed by atoms with Crippen molar-refractivity contribution in [1.82, 2.24) is 4.90 Å². The van der Waals surface area contributed by atoms with Crippen molar-refractivity contribution in [1.29, 1.82) is 0 Å². The molecule has 0 saturated carbocycles. The minimum Gasteiger partial charge on any atom is -0.492 e. The average molecular weight is 356 g/mol. The van der Waals surface area contributed by atoms with Crippen LogP contribution in [0.1, 0.15) is 27.2 Å². The van der Waals surface area contributed by atoms with E-state index < -0.39 is 5.60 Å². The third kappa shape index (κ3) is 4.92. The molecular formula is C16H22BrNO3. The molecule has 1 aliphatic rings. The highest BCUT2D eigenvalue weighted by Crippen LogP contribution is 2.26. The molecule has 2 rings (SSSR count). The molecule has 1 amide bonds. The van der Waals surface area contributed by atoms with Crippen LogP contribution < -0.4 is 4.74 Å². The summed E-state index contributed by atoms with van der Waals surface area (Å²) in [6, 6.07) is 7.79. The van der Waals surface area contributed by atoms with Crippen LogP contribution in [0.25, 0.3) is 0 Å². The van der Waals surface area contributed by atoms with Crippen LogP contribution in [0, 0.1) is 5.92 Å². The van der Waals surface area contributed by atoms with Gasteiger partial charge < -0.3 is 14.4 Å². The standard InChI is InChI=1S/C16H22BrNO3/c1-16(2,3)21-15(19)18-9-8-12(10-18)11-20-14-7-5-4-6-13(14)17/h4-7,12H,8-11H2,1-3H3/t12-/m0/s1. The SMILES string of the molecule is CC(C)(C)OC(=O)N1CC[C@H](COc2ccccc2Br)C1. The molecule has 0 radical (unpaired) electrons. The lowest BCUT2D eigenvalue weighted by Gasteiger charge is -2.24. The summed E-state index contributed by atoms with van der Waals surface area (Å²) in [5.41, 5.74) is -0.444. The van der Waals surface area contributed by atoms with Crippen molar-refractivity contribution in [3.05, 3.63) is 28.7 Å². The molecule has 1 heterocycles. The molecule has 0 aliphatic carbocycles. The molecule has 1 aromatic rings. The van der Waals surface area contributed by atoms with Crippen LogP contribution in [0.4, 0.5) is 4.79 Å². The maximum atomic E-state index is 12.0. The Morgan fingerprint density at radius 3 is 2.76 bits per heavy atom. The van der Waals surface area contributed by atoms with Crippen molar-refractivity contribution < 1.29 is 14.3 Å². The number of rotatable bonds is 3. The lowest BCUT2D eigenvalue weighted by atomic mass is 10.1.